The van der Waals surface area contributed by atoms with Gasteiger partial charge in [-0.05, 0) is 37.1 Å². The zero-order chi connectivity index (χ0) is 27.8. The van der Waals surface area contributed by atoms with Crippen LogP contribution in [-0.4, -0.2) is 96.6 Å². The van der Waals surface area contributed by atoms with Crippen LogP contribution in [0.5, 0.6) is 5.75 Å². The number of likely N-dealkylation sites (N-methyl/N-ethyl adjacent to an activating group) is 2. The normalized spacial score (nSPS) is 21.9. The highest BCUT2D eigenvalue weighted by Crippen LogP contribution is 2.35. The smallest absolute Gasteiger partial charge is 0.490 e. The predicted octanol–water partition coefficient (Wildman–Crippen LogP) is 2.21. The largest absolute Gasteiger partial charge is 0.497 e. The summed E-state index contributed by atoms with van der Waals surface area (Å²) in [5.74, 6) is -3.86. The Hall–Kier alpha value is -3.07. The number of likely N-dealkylation sites (tertiary alicyclic amines) is 2. The minimum atomic E-state index is -5.08. The molecule has 0 radical (unpaired) electrons. The number of hydrogen-bond acceptors (Lipinski definition) is 6. The van der Waals surface area contributed by atoms with Crippen LogP contribution in [0.4, 0.5) is 26.3 Å². The highest BCUT2D eigenvalue weighted by molar-refractivity contribution is 5.81. The number of nitrogens with zero attached hydrogens (tertiary/aromatic N) is 2. The molecule has 2 heterocycles. The fourth-order valence-corrected chi connectivity index (χ4v) is 3.90. The van der Waals surface area contributed by atoms with Crippen molar-refractivity contribution in [3.05, 3.63) is 29.8 Å². The number of carbonyl (C=O) groups is 3. The molecular formula is C21H27F6N3O6. The van der Waals surface area contributed by atoms with Crippen LogP contribution < -0.4 is 10.1 Å². The maximum Gasteiger partial charge on any atom is 0.490 e. The van der Waals surface area contributed by atoms with Crippen molar-refractivity contribution in [3.63, 3.8) is 0 Å². The number of rotatable bonds is 4. The van der Waals surface area contributed by atoms with Crippen LogP contribution in [0, 0.1) is 5.92 Å². The van der Waals surface area contributed by atoms with Crippen molar-refractivity contribution < 1.29 is 55.7 Å². The van der Waals surface area contributed by atoms with Crippen molar-refractivity contribution in [2.24, 2.45) is 5.92 Å². The molecule has 3 rings (SSSR count). The first-order chi connectivity index (χ1) is 16.5. The molecule has 204 valence electrons. The minimum absolute atomic E-state index is 0.0446. The maximum atomic E-state index is 11.9. The summed E-state index contributed by atoms with van der Waals surface area (Å²) in [7, 11) is 5.50. The van der Waals surface area contributed by atoms with Crippen LogP contribution in [0.25, 0.3) is 0 Å². The molecule has 2 fully saturated rings. The summed E-state index contributed by atoms with van der Waals surface area (Å²) in [4.78, 5) is 34.5. The van der Waals surface area contributed by atoms with Gasteiger partial charge in [0.25, 0.3) is 0 Å². The van der Waals surface area contributed by atoms with Crippen molar-refractivity contribution in [1.29, 1.82) is 0 Å². The Kier molecular flexibility index (Phi) is 11.0. The number of alkyl halides is 6. The summed E-state index contributed by atoms with van der Waals surface area (Å²) < 4.78 is 68.7. The van der Waals surface area contributed by atoms with E-state index in [-0.39, 0.29) is 11.9 Å². The summed E-state index contributed by atoms with van der Waals surface area (Å²) in [6.07, 6.45) is -9.19. The molecule has 1 aromatic carbocycles. The van der Waals surface area contributed by atoms with Gasteiger partial charge in [0.05, 0.1) is 13.2 Å². The first kappa shape index (κ1) is 31.0. The topological polar surface area (TPSA) is 119 Å². The highest BCUT2D eigenvalue weighted by atomic mass is 19.4. The van der Waals surface area contributed by atoms with E-state index in [4.69, 9.17) is 24.5 Å². The molecule has 2 aliphatic rings. The van der Waals surface area contributed by atoms with Gasteiger partial charge in [-0.3, -0.25) is 14.6 Å². The van der Waals surface area contributed by atoms with E-state index in [2.05, 4.69) is 34.3 Å². The van der Waals surface area contributed by atoms with E-state index in [9.17, 15) is 31.1 Å². The number of benzene rings is 1. The first-order valence-electron chi connectivity index (χ1n) is 10.4. The van der Waals surface area contributed by atoms with E-state index in [1.54, 1.807) is 14.2 Å². The molecule has 15 heteroatoms. The fourth-order valence-electron chi connectivity index (χ4n) is 3.90. The van der Waals surface area contributed by atoms with E-state index >= 15 is 0 Å². The van der Waals surface area contributed by atoms with E-state index in [1.165, 1.54) is 5.56 Å². The van der Waals surface area contributed by atoms with E-state index in [1.807, 2.05) is 12.1 Å². The summed E-state index contributed by atoms with van der Waals surface area (Å²) in [5.41, 5.74) is 1.31. The fraction of sp³-hybridized carbons (Fsp3) is 0.571. The molecule has 0 unspecified atom stereocenters. The Morgan fingerprint density at radius 1 is 1.00 bits per heavy atom. The molecule has 0 aromatic heterocycles. The van der Waals surface area contributed by atoms with Gasteiger partial charge in [0.1, 0.15) is 5.75 Å². The number of amides is 1. The Balaban J connectivity index is 0.000000383. The third kappa shape index (κ3) is 9.18. The standard InChI is InChI=1S/C17H25N3O2.2C2HF3O2/c1-18-17(21)15-8-13-10-20(11-16(13)19(15)2)9-12-4-6-14(22-3)7-5-12;2*3-2(4,5)1(6)7/h4-7,13,15-16H,8-11H2,1-3H3,(H,18,21);2*(H,6,7)/t13-,15-,16+;;/m0../s1. The van der Waals surface area contributed by atoms with E-state index in [0.29, 0.717) is 12.0 Å². The number of carboxylic acid groups (broad SMARTS) is 2. The summed E-state index contributed by atoms with van der Waals surface area (Å²) >= 11 is 0. The Labute approximate surface area is 202 Å². The average molecular weight is 531 g/mol. The molecule has 3 atom stereocenters. The summed E-state index contributed by atoms with van der Waals surface area (Å²) in [6.45, 7) is 3.09. The SMILES string of the molecule is CNC(=O)[C@@H]1C[C@H]2CN(Cc3ccc(OC)cc3)C[C@H]2N1C.O=C(O)C(F)(F)F.O=C(O)C(F)(F)F. The van der Waals surface area contributed by atoms with Gasteiger partial charge >= 0.3 is 24.3 Å². The van der Waals surface area contributed by atoms with Crippen LogP contribution in [0.1, 0.15) is 12.0 Å². The number of ether oxygens (including phenoxy) is 1. The van der Waals surface area contributed by atoms with E-state index in [0.717, 1.165) is 31.8 Å². The highest BCUT2D eigenvalue weighted by Gasteiger charge is 2.46. The number of methoxy groups -OCH3 is 1. The van der Waals surface area contributed by atoms with Gasteiger partial charge < -0.3 is 20.3 Å². The van der Waals surface area contributed by atoms with Crippen molar-refractivity contribution >= 4 is 17.8 Å². The second-order valence-corrected chi connectivity index (χ2v) is 8.01. The van der Waals surface area contributed by atoms with Gasteiger partial charge in [-0.15, -0.1) is 0 Å². The molecule has 0 bridgehead atoms. The monoisotopic (exact) mass is 531 g/mol. The van der Waals surface area contributed by atoms with Gasteiger partial charge in [0.2, 0.25) is 5.91 Å². The predicted molar refractivity (Wildman–Crippen MR) is 113 cm³/mol. The van der Waals surface area contributed by atoms with Crippen LogP contribution in [0.3, 0.4) is 0 Å². The molecule has 0 aliphatic carbocycles. The lowest BCUT2D eigenvalue weighted by Crippen LogP contribution is -2.44. The van der Waals surface area contributed by atoms with Crippen LogP contribution in [0.15, 0.2) is 24.3 Å². The van der Waals surface area contributed by atoms with Gasteiger partial charge in [-0.1, -0.05) is 12.1 Å². The first-order valence-corrected chi connectivity index (χ1v) is 10.4. The Bertz CT molecular complexity index is 870. The number of carboxylic acids is 2. The lowest BCUT2D eigenvalue weighted by Gasteiger charge is -2.25. The molecule has 36 heavy (non-hydrogen) atoms. The number of aliphatic carboxylic acids is 2. The molecule has 0 spiro atoms. The van der Waals surface area contributed by atoms with Gasteiger partial charge in [0, 0.05) is 32.7 Å². The Morgan fingerprint density at radius 3 is 1.83 bits per heavy atom. The van der Waals surface area contributed by atoms with Gasteiger partial charge in [-0.25, -0.2) is 9.59 Å². The average Bonchev–Trinajstić information content (AvgIpc) is 3.31. The zero-order valence-electron chi connectivity index (χ0n) is 19.6. The number of nitrogens with one attached hydrogen (secondary N) is 1. The number of hydrogen-bond donors (Lipinski definition) is 3. The summed E-state index contributed by atoms with van der Waals surface area (Å²) in [6, 6.07) is 8.83. The zero-order valence-corrected chi connectivity index (χ0v) is 19.6. The molecule has 2 aliphatic heterocycles. The van der Waals surface area contributed by atoms with Crippen molar-refractivity contribution in [2.75, 3.05) is 34.3 Å². The number of halogens is 6. The third-order valence-corrected chi connectivity index (χ3v) is 5.62. The second kappa shape index (κ2) is 12.8. The lowest BCUT2D eigenvalue weighted by molar-refractivity contribution is -0.193. The minimum Gasteiger partial charge on any atom is -0.497 e. The second-order valence-electron chi connectivity index (χ2n) is 8.01. The van der Waals surface area contributed by atoms with Gasteiger partial charge in [-0.2, -0.15) is 26.3 Å². The number of fused-ring (bicyclic) bond motifs is 1. The molecule has 1 amide bonds. The van der Waals surface area contributed by atoms with Crippen LogP contribution >= 0.6 is 0 Å². The van der Waals surface area contributed by atoms with Crippen molar-refractivity contribution in [2.45, 2.75) is 37.4 Å². The molecular weight excluding hydrogens is 504 g/mol. The quantitative estimate of drug-likeness (QED) is 0.507. The number of carbonyl (C=O) groups excluding carboxylic acids is 1. The summed E-state index contributed by atoms with van der Waals surface area (Å²) in [5, 5.41) is 17.0. The van der Waals surface area contributed by atoms with Crippen molar-refractivity contribution in [1.82, 2.24) is 15.1 Å². The van der Waals surface area contributed by atoms with Crippen LogP contribution in [-0.2, 0) is 20.9 Å². The molecule has 3 N–H and O–H groups in total. The Morgan fingerprint density at radius 2 is 1.47 bits per heavy atom. The van der Waals surface area contributed by atoms with Crippen molar-refractivity contribution in [3.8, 4) is 5.75 Å². The molecule has 0 saturated carbocycles. The van der Waals surface area contributed by atoms with Gasteiger partial charge in [0.15, 0.2) is 0 Å². The van der Waals surface area contributed by atoms with E-state index < -0.39 is 24.3 Å². The molecule has 1 aromatic rings. The molecule has 9 nitrogen and oxygen atoms in total. The lowest BCUT2D eigenvalue weighted by atomic mass is 10.0. The maximum absolute atomic E-state index is 11.9. The third-order valence-electron chi connectivity index (χ3n) is 5.62. The molecule has 2 saturated heterocycles. The van der Waals surface area contributed by atoms with Crippen LogP contribution in [0.2, 0.25) is 0 Å².